The number of nitrogens with zero attached hydrogens (tertiary/aromatic N) is 3. The summed E-state index contributed by atoms with van der Waals surface area (Å²) >= 11 is 0. The molecule has 0 fully saturated rings. The number of para-hydroxylation sites is 1. The van der Waals surface area contributed by atoms with Crippen LogP contribution in [0.15, 0.2) is 55.0 Å². The molecule has 2 aromatic heterocycles. The molecule has 0 spiro atoms. The Kier molecular flexibility index (Phi) is 4.42. The molecule has 0 saturated carbocycles. The average molecular weight is 293 g/mol. The smallest absolute Gasteiger partial charge is 0.0698 e. The monoisotopic (exact) mass is 293 g/mol. The molecule has 0 radical (unpaired) electrons. The number of aromatic nitrogens is 2. The number of pyridine rings is 1. The van der Waals surface area contributed by atoms with E-state index in [0.717, 1.165) is 25.8 Å². The van der Waals surface area contributed by atoms with Crippen molar-refractivity contribution in [2.24, 2.45) is 0 Å². The maximum atomic E-state index is 4.31. The molecule has 0 bridgehead atoms. The third-order valence-electron chi connectivity index (χ3n) is 3.95. The first-order valence-corrected chi connectivity index (χ1v) is 8.12. The molecule has 0 atom stereocenters. The summed E-state index contributed by atoms with van der Waals surface area (Å²) in [6.45, 7) is 5.42. The summed E-state index contributed by atoms with van der Waals surface area (Å²) in [6.07, 6.45) is 9.35. The summed E-state index contributed by atoms with van der Waals surface area (Å²) in [7, 11) is 0. The molecule has 0 aliphatic rings. The maximum absolute atomic E-state index is 4.31. The van der Waals surface area contributed by atoms with Gasteiger partial charge in [-0.2, -0.15) is 0 Å². The van der Waals surface area contributed by atoms with Crippen LogP contribution in [0.5, 0.6) is 0 Å². The van der Waals surface area contributed by atoms with Crippen molar-refractivity contribution in [2.75, 3.05) is 11.6 Å². The molecule has 0 unspecified atom stereocenters. The van der Waals surface area contributed by atoms with Gasteiger partial charge in [-0.05, 0) is 36.6 Å². The molecule has 2 heterocycles. The molecule has 0 N–H and O–H groups in total. The number of fused-ring (bicyclic) bond motifs is 1. The van der Waals surface area contributed by atoms with Crippen molar-refractivity contribution in [2.45, 2.75) is 33.1 Å². The van der Waals surface area contributed by atoms with E-state index >= 15 is 0 Å². The Hall–Kier alpha value is -2.29. The van der Waals surface area contributed by atoms with Gasteiger partial charge in [0.05, 0.1) is 11.2 Å². The third kappa shape index (κ3) is 2.71. The summed E-state index contributed by atoms with van der Waals surface area (Å²) in [5.74, 6) is 0. The lowest BCUT2D eigenvalue weighted by molar-refractivity contribution is 0.689. The zero-order valence-corrected chi connectivity index (χ0v) is 13.4. The van der Waals surface area contributed by atoms with Crippen LogP contribution in [0, 0.1) is 0 Å². The standard InChI is InChI=1S/C19H23N3/c1-3-7-17-15-20-12-10-19(17)21(13-4-2)22-14-11-16-8-5-6-9-18(16)22/h5-6,8-12,14-15H,3-4,7,13H2,1-2H3. The lowest BCUT2D eigenvalue weighted by Gasteiger charge is -2.28. The van der Waals surface area contributed by atoms with E-state index in [9.17, 15) is 0 Å². The van der Waals surface area contributed by atoms with E-state index in [1.807, 2.05) is 12.4 Å². The van der Waals surface area contributed by atoms with Crippen LogP contribution >= 0.6 is 0 Å². The van der Waals surface area contributed by atoms with E-state index in [-0.39, 0.29) is 0 Å². The fraction of sp³-hybridized carbons (Fsp3) is 0.316. The number of benzene rings is 1. The first-order valence-electron chi connectivity index (χ1n) is 8.12. The van der Waals surface area contributed by atoms with Gasteiger partial charge in [0, 0.05) is 30.5 Å². The molecule has 3 rings (SSSR count). The van der Waals surface area contributed by atoms with Crippen LogP contribution in [-0.4, -0.2) is 16.2 Å². The first-order chi connectivity index (χ1) is 10.8. The number of hydrogen-bond donors (Lipinski definition) is 0. The van der Waals surface area contributed by atoms with Gasteiger partial charge in [-0.3, -0.25) is 14.7 Å². The molecule has 114 valence electrons. The van der Waals surface area contributed by atoms with Crippen LogP contribution < -0.4 is 5.01 Å². The highest BCUT2D eigenvalue weighted by atomic mass is 15.5. The number of hydrogen-bond acceptors (Lipinski definition) is 2. The first kappa shape index (κ1) is 14.6. The van der Waals surface area contributed by atoms with Gasteiger partial charge in [-0.1, -0.05) is 38.5 Å². The van der Waals surface area contributed by atoms with Crippen molar-refractivity contribution in [1.29, 1.82) is 0 Å². The van der Waals surface area contributed by atoms with E-state index in [0.29, 0.717) is 0 Å². The average Bonchev–Trinajstić information content (AvgIpc) is 2.98. The minimum absolute atomic E-state index is 0.986. The van der Waals surface area contributed by atoms with Crippen LogP contribution in [-0.2, 0) is 6.42 Å². The minimum atomic E-state index is 0.986. The van der Waals surface area contributed by atoms with Crippen molar-refractivity contribution in [3.05, 3.63) is 60.6 Å². The van der Waals surface area contributed by atoms with Crippen LogP contribution in [0.4, 0.5) is 5.69 Å². The van der Waals surface area contributed by atoms with Gasteiger partial charge in [-0.15, -0.1) is 0 Å². The molecule has 22 heavy (non-hydrogen) atoms. The van der Waals surface area contributed by atoms with Crippen LogP contribution in [0.2, 0.25) is 0 Å². The Labute approximate surface area is 132 Å². The van der Waals surface area contributed by atoms with Crippen molar-refractivity contribution in [3.63, 3.8) is 0 Å². The van der Waals surface area contributed by atoms with Gasteiger partial charge in [-0.25, -0.2) is 0 Å². The quantitative estimate of drug-likeness (QED) is 0.658. The Bertz CT molecular complexity index is 745. The summed E-state index contributed by atoms with van der Waals surface area (Å²) in [6, 6.07) is 12.8. The molecule has 3 aromatic rings. The third-order valence-corrected chi connectivity index (χ3v) is 3.95. The topological polar surface area (TPSA) is 21.1 Å². The molecular formula is C19H23N3. The number of anilines is 1. The molecule has 0 aliphatic heterocycles. The zero-order valence-electron chi connectivity index (χ0n) is 13.4. The van der Waals surface area contributed by atoms with Gasteiger partial charge in [0.15, 0.2) is 0 Å². The highest BCUT2D eigenvalue weighted by Gasteiger charge is 2.14. The fourth-order valence-corrected chi connectivity index (χ4v) is 2.97. The Balaban J connectivity index is 2.10. The predicted molar refractivity (Wildman–Crippen MR) is 93.2 cm³/mol. The Morgan fingerprint density at radius 2 is 1.91 bits per heavy atom. The van der Waals surface area contributed by atoms with Crippen LogP contribution in [0.25, 0.3) is 10.9 Å². The van der Waals surface area contributed by atoms with E-state index in [2.05, 4.69) is 71.1 Å². The van der Waals surface area contributed by atoms with Crippen molar-refractivity contribution >= 4 is 16.6 Å². The highest BCUT2D eigenvalue weighted by Crippen LogP contribution is 2.25. The van der Waals surface area contributed by atoms with E-state index < -0.39 is 0 Å². The molecule has 3 nitrogen and oxygen atoms in total. The molecule has 0 aliphatic carbocycles. The Morgan fingerprint density at radius 1 is 1.05 bits per heavy atom. The normalized spacial score (nSPS) is 11.0. The molecule has 1 aromatic carbocycles. The zero-order chi connectivity index (χ0) is 15.4. The second-order valence-corrected chi connectivity index (χ2v) is 5.60. The van der Waals surface area contributed by atoms with Crippen molar-refractivity contribution in [3.8, 4) is 0 Å². The van der Waals surface area contributed by atoms with Gasteiger partial charge >= 0.3 is 0 Å². The van der Waals surface area contributed by atoms with Crippen molar-refractivity contribution < 1.29 is 0 Å². The SMILES string of the molecule is CCCc1cnccc1N(CCC)n1ccc2ccccc21. The second kappa shape index (κ2) is 6.65. The predicted octanol–water partition coefficient (Wildman–Crippen LogP) is 4.67. The van der Waals surface area contributed by atoms with Gasteiger partial charge in [0.25, 0.3) is 0 Å². The summed E-state index contributed by atoms with van der Waals surface area (Å²) < 4.78 is 2.27. The van der Waals surface area contributed by atoms with Crippen LogP contribution in [0.3, 0.4) is 0 Å². The lowest BCUT2D eigenvalue weighted by Crippen LogP contribution is -2.30. The number of rotatable bonds is 6. The molecular weight excluding hydrogens is 270 g/mol. The van der Waals surface area contributed by atoms with Crippen LogP contribution in [0.1, 0.15) is 32.3 Å². The minimum Gasteiger partial charge on any atom is -0.281 e. The maximum Gasteiger partial charge on any atom is 0.0698 e. The highest BCUT2D eigenvalue weighted by molar-refractivity contribution is 5.81. The lowest BCUT2D eigenvalue weighted by atomic mass is 10.1. The summed E-state index contributed by atoms with van der Waals surface area (Å²) in [4.78, 5) is 4.31. The van der Waals surface area contributed by atoms with E-state index in [1.54, 1.807) is 0 Å². The summed E-state index contributed by atoms with van der Waals surface area (Å²) in [5.41, 5.74) is 3.83. The van der Waals surface area contributed by atoms with E-state index in [4.69, 9.17) is 0 Å². The fourth-order valence-electron chi connectivity index (χ4n) is 2.97. The summed E-state index contributed by atoms with van der Waals surface area (Å²) in [5, 5.41) is 3.64. The van der Waals surface area contributed by atoms with E-state index in [1.165, 1.54) is 22.2 Å². The van der Waals surface area contributed by atoms with Gasteiger partial charge < -0.3 is 0 Å². The molecule has 0 amide bonds. The van der Waals surface area contributed by atoms with Gasteiger partial charge in [0.1, 0.15) is 0 Å². The Morgan fingerprint density at radius 3 is 2.73 bits per heavy atom. The van der Waals surface area contributed by atoms with Crippen molar-refractivity contribution in [1.82, 2.24) is 9.66 Å². The number of aryl methyl sites for hydroxylation is 1. The molecule has 0 saturated heterocycles. The largest absolute Gasteiger partial charge is 0.281 e. The molecule has 3 heteroatoms. The second-order valence-electron chi connectivity index (χ2n) is 5.60. The van der Waals surface area contributed by atoms with Gasteiger partial charge in [0.2, 0.25) is 0 Å².